The second kappa shape index (κ2) is 8.06. The van der Waals surface area contributed by atoms with E-state index in [0.717, 1.165) is 5.56 Å². The molecule has 0 aromatic heterocycles. The van der Waals surface area contributed by atoms with Gasteiger partial charge in [-0.15, -0.1) is 0 Å². The van der Waals surface area contributed by atoms with Gasteiger partial charge in [-0.05, 0) is 26.0 Å². The number of nitrogens with zero attached hydrogens (tertiary/aromatic N) is 1. The number of likely N-dealkylation sites (tertiary alicyclic amines) is 1. The van der Waals surface area contributed by atoms with Crippen molar-refractivity contribution in [2.75, 3.05) is 26.3 Å². The van der Waals surface area contributed by atoms with Crippen LogP contribution in [0.5, 0.6) is 0 Å². The minimum Gasteiger partial charge on any atom is -0.465 e. The van der Waals surface area contributed by atoms with Gasteiger partial charge in [-0.1, -0.05) is 17.7 Å². The Morgan fingerprint density at radius 2 is 2.00 bits per heavy atom. The van der Waals surface area contributed by atoms with E-state index in [1.807, 2.05) is 6.92 Å². The van der Waals surface area contributed by atoms with Crippen molar-refractivity contribution in [1.82, 2.24) is 4.90 Å². The number of hydrogen-bond acceptors (Lipinski definition) is 7. The molecule has 134 valence electrons. The van der Waals surface area contributed by atoms with E-state index >= 15 is 0 Å². The molecule has 1 N–H and O–H groups in total. The lowest BCUT2D eigenvalue weighted by Crippen LogP contribution is -2.39. The number of esters is 1. The van der Waals surface area contributed by atoms with Crippen molar-refractivity contribution in [3.05, 3.63) is 29.8 Å². The van der Waals surface area contributed by atoms with E-state index in [-0.39, 0.29) is 37.6 Å². The third-order valence-electron chi connectivity index (χ3n) is 3.88. The molecule has 1 aliphatic heterocycles. The highest BCUT2D eigenvalue weighted by Gasteiger charge is 2.40. The van der Waals surface area contributed by atoms with E-state index in [9.17, 15) is 13.2 Å². The highest BCUT2D eigenvalue weighted by Crippen LogP contribution is 2.25. The molecular weight excluding hydrogens is 334 g/mol. The number of carbonyl (C=O) groups excluding carboxylic acids is 1. The summed E-state index contributed by atoms with van der Waals surface area (Å²) >= 11 is 0. The van der Waals surface area contributed by atoms with E-state index in [1.165, 1.54) is 12.1 Å². The minimum atomic E-state index is -3.90. The molecule has 0 bridgehead atoms. The van der Waals surface area contributed by atoms with E-state index in [0.29, 0.717) is 0 Å². The summed E-state index contributed by atoms with van der Waals surface area (Å²) < 4.78 is 35.0. The number of aliphatic hydroxyl groups excluding tert-OH is 1. The van der Waals surface area contributed by atoms with Crippen molar-refractivity contribution in [3.63, 3.8) is 0 Å². The third kappa shape index (κ3) is 4.54. The van der Waals surface area contributed by atoms with Crippen LogP contribution in [0.15, 0.2) is 29.2 Å². The number of aliphatic hydroxyl groups is 1. The van der Waals surface area contributed by atoms with Crippen LogP contribution >= 0.6 is 0 Å². The fourth-order valence-corrected chi connectivity index (χ4v) is 3.81. The van der Waals surface area contributed by atoms with Gasteiger partial charge in [0.25, 0.3) is 10.1 Å². The first-order valence-corrected chi connectivity index (χ1v) is 9.29. The molecular formula is C16H23NO6S. The standard InChI is InChI=1S/C16H23NO6S/c1-3-22-16(19)15-10-13(11-17(15)8-9-18)23-24(20,21)14-6-4-12(2)5-7-14/h4-7,13,15,18H,3,8-11H2,1-2H3/t13?,15-/m0/s1. The van der Waals surface area contributed by atoms with Gasteiger partial charge in [-0.25, -0.2) is 0 Å². The summed E-state index contributed by atoms with van der Waals surface area (Å²) in [5.41, 5.74) is 0.950. The van der Waals surface area contributed by atoms with Crippen LogP contribution in [0.25, 0.3) is 0 Å². The second-order valence-corrected chi connectivity index (χ2v) is 7.28. The largest absolute Gasteiger partial charge is 0.465 e. The second-order valence-electron chi connectivity index (χ2n) is 5.71. The first kappa shape index (κ1) is 18.9. The van der Waals surface area contributed by atoms with Crippen LogP contribution in [0.3, 0.4) is 0 Å². The molecule has 2 atom stereocenters. The average Bonchev–Trinajstić information content (AvgIpc) is 2.90. The summed E-state index contributed by atoms with van der Waals surface area (Å²) in [6, 6.07) is 5.78. The smallest absolute Gasteiger partial charge is 0.323 e. The number of hydrogen-bond donors (Lipinski definition) is 1. The zero-order valence-electron chi connectivity index (χ0n) is 13.8. The maximum Gasteiger partial charge on any atom is 0.323 e. The lowest BCUT2D eigenvalue weighted by Gasteiger charge is -2.21. The normalized spacial score (nSPS) is 21.8. The van der Waals surface area contributed by atoms with E-state index in [1.54, 1.807) is 24.0 Å². The fraction of sp³-hybridized carbons (Fsp3) is 0.562. The summed E-state index contributed by atoms with van der Waals surface area (Å²) in [6.45, 7) is 4.19. The molecule has 24 heavy (non-hydrogen) atoms. The van der Waals surface area contributed by atoms with Crippen molar-refractivity contribution in [2.24, 2.45) is 0 Å². The van der Waals surface area contributed by atoms with E-state index in [2.05, 4.69) is 0 Å². The van der Waals surface area contributed by atoms with Crippen molar-refractivity contribution >= 4 is 16.1 Å². The van der Waals surface area contributed by atoms with Gasteiger partial charge in [-0.3, -0.25) is 13.9 Å². The number of carbonyl (C=O) groups is 1. The number of benzene rings is 1. The summed E-state index contributed by atoms with van der Waals surface area (Å²) in [5.74, 6) is -0.426. The summed E-state index contributed by atoms with van der Waals surface area (Å²) in [4.78, 5) is 13.8. The average molecular weight is 357 g/mol. The van der Waals surface area contributed by atoms with Crippen LogP contribution in [-0.2, 0) is 23.8 Å². The van der Waals surface area contributed by atoms with E-state index in [4.69, 9.17) is 14.0 Å². The Hall–Kier alpha value is -1.48. The molecule has 1 heterocycles. The van der Waals surface area contributed by atoms with Gasteiger partial charge >= 0.3 is 5.97 Å². The zero-order valence-corrected chi connectivity index (χ0v) is 14.7. The van der Waals surface area contributed by atoms with E-state index < -0.39 is 28.2 Å². The molecule has 0 saturated carbocycles. The Kier molecular flexibility index (Phi) is 6.34. The fourth-order valence-electron chi connectivity index (χ4n) is 2.73. The number of rotatable bonds is 7. The number of ether oxygens (including phenoxy) is 1. The van der Waals surface area contributed by atoms with Gasteiger partial charge in [0, 0.05) is 19.5 Å². The van der Waals surface area contributed by atoms with Gasteiger partial charge < -0.3 is 9.84 Å². The van der Waals surface area contributed by atoms with Crippen molar-refractivity contribution < 1.29 is 27.2 Å². The lowest BCUT2D eigenvalue weighted by atomic mass is 10.2. The highest BCUT2D eigenvalue weighted by atomic mass is 32.2. The maximum absolute atomic E-state index is 12.4. The van der Waals surface area contributed by atoms with Crippen LogP contribution in [-0.4, -0.2) is 62.8 Å². The van der Waals surface area contributed by atoms with Gasteiger partial charge in [0.2, 0.25) is 0 Å². The molecule has 1 aromatic rings. The Morgan fingerprint density at radius 3 is 2.58 bits per heavy atom. The predicted molar refractivity (Wildman–Crippen MR) is 86.9 cm³/mol. The molecule has 1 aromatic carbocycles. The summed E-state index contributed by atoms with van der Waals surface area (Å²) in [7, 11) is -3.90. The summed E-state index contributed by atoms with van der Waals surface area (Å²) in [5, 5.41) is 9.13. The molecule has 1 unspecified atom stereocenters. The van der Waals surface area contributed by atoms with Crippen LogP contribution < -0.4 is 0 Å². The van der Waals surface area contributed by atoms with Gasteiger partial charge in [-0.2, -0.15) is 8.42 Å². The Morgan fingerprint density at radius 1 is 1.33 bits per heavy atom. The third-order valence-corrected chi connectivity index (χ3v) is 5.26. The predicted octanol–water partition coefficient (Wildman–Crippen LogP) is 0.699. The summed E-state index contributed by atoms with van der Waals surface area (Å²) in [6.07, 6.45) is -0.443. The van der Waals surface area contributed by atoms with Crippen molar-refractivity contribution in [1.29, 1.82) is 0 Å². The van der Waals surface area contributed by atoms with Crippen molar-refractivity contribution in [3.8, 4) is 0 Å². The Labute approximate surface area is 142 Å². The quantitative estimate of drug-likeness (QED) is 0.567. The van der Waals surface area contributed by atoms with Crippen LogP contribution in [0.1, 0.15) is 18.9 Å². The molecule has 0 aliphatic carbocycles. The Balaban J connectivity index is 2.09. The topological polar surface area (TPSA) is 93.1 Å². The minimum absolute atomic E-state index is 0.0846. The number of aryl methyl sites for hydroxylation is 1. The van der Waals surface area contributed by atoms with Gasteiger partial charge in [0.15, 0.2) is 0 Å². The zero-order chi connectivity index (χ0) is 17.7. The molecule has 0 radical (unpaired) electrons. The Bertz CT molecular complexity index is 658. The van der Waals surface area contributed by atoms with Crippen LogP contribution in [0, 0.1) is 6.92 Å². The van der Waals surface area contributed by atoms with Crippen molar-refractivity contribution in [2.45, 2.75) is 37.3 Å². The highest BCUT2D eigenvalue weighted by molar-refractivity contribution is 7.86. The van der Waals surface area contributed by atoms with Gasteiger partial charge in [0.1, 0.15) is 6.04 Å². The number of β-amino-alcohol motifs (C(OH)–C–C–N with tert-alkyl or cyclic N) is 1. The van der Waals surface area contributed by atoms with Crippen LogP contribution in [0.2, 0.25) is 0 Å². The maximum atomic E-state index is 12.4. The molecule has 1 fully saturated rings. The lowest BCUT2D eigenvalue weighted by molar-refractivity contribution is -0.148. The SMILES string of the molecule is CCOC(=O)[C@@H]1CC(OS(=O)(=O)c2ccc(C)cc2)CN1CCO. The monoisotopic (exact) mass is 357 g/mol. The van der Waals surface area contributed by atoms with Crippen LogP contribution in [0.4, 0.5) is 0 Å². The molecule has 1 aliphatic rings. The molecule has 2 rings (SSSR count). The van der Waals surface area contributed by atoms with Gasteiger partial charge in [0.05, 0.1) is 24.2 Å². The molecule has 0 amide bonds. The molecule has 1 saturated heterocycles. The molecule has 8 heteroatoms. The first-order chi connectivity index (χ1) is 11.4. The first-order valence-electron chi connectivity index (χ1n) is 7.89. The molecule has 7 nitrogen and oxygen atoms in total. The molecule has 0 spiro atoms.